The van der Waals surface area contributed by atoms with Crippen molar-refractivity contribution >= 4 is 12.1 Å². The number of fused-ring (bicyclic) bond motifs is 1. The van der Waals surface area contributed by atoms with E-state index in [0.717, 1.165) is 56.8 Å². The van der Waals surface area contributed by atoms with E-state index in [2.05, 4.69) is 0 Å². The molecular formula is C22H31NO6. The summed E-state index contributed by atoms with van der Waals surface area (Å²) in [6, 6.07) is 0. The molecule has 0 aromatic rings. The fourth-order valence-electron chi connectivity index (χ4n) is 7.16. The van der Waals surface area contributed by atoms with Crippen LogP contribution in [-0.2, 0) is 23.7 Å². The Morgan fingerprint density at radius 1 is 1.03 bits per heavy atom. The standard InChI is InChI=1S/C22H31NO6/c24-20-17-4-5-23(21(25)27-19-3-1-2-6-26-19)12-18(17)28-22(29-20)15-8-13-7-14(10-15)11-16(22)9-13/h13-19H,1-12H2. The number of hydrogen-bond acceptors (Lipinski definition) is 6. The summed E-state index contributed by atoms with van der Waals surface area (Å²) in [5, 5.41) is 0. The molecule has 0 radical (unpaired) electrons. The monoisotopic (exact) mass is 405 g/mol. The lowest BCUT2D eigenvalue weighted by atomic mass is 9.53. The van der Waals surface area contributed by atoms with E-state index in [4.69, 9.17) is 18.9 Å². The van der Waals surface area contributed by atoms with Gasteiger partial charge in [-0.1, -0.05) is 0 Å². The highest BCUT2D eigenvalue weighted by Crippen LogP contribution is 2.61. The predicted octanol–water partition coefficient (Wildman–Crippen LogP) is 3.07. The van der Waals surface area contributed by atoms with Crippen molar-refractivity contribution in [1.82, 2.24) is 4.90 Å². The molecule has 1 amide bonds. The summed E-state index contributed by atoms with van der Waals surface area (Å²) in [5.41, 5.74) is 0. The molecule has 7 aliphatic rings. The first-order valence-electron chi connectivity index (χ1n) is 11.6. The van der Waals surface area contributed by atoms with Crippen LogP contribution >= 0.6 is 0 Å². The Balaban J connectivity index is 1.17. The second kappa shape index (κ2) is 6.84. The molecule has 160 valence electrons. The topological polar surface area (TPSA) is 74.3 Å². The number of carbonyl (C=O) groups excluding carboxylic acids is 2. The minimum atomic E-state index is -0.745. The SMILES string of the molecule is O=C1OC2(OC3CN(C(=O)OC4CCCCO4)CCC13)C1CC3CC(C1)CC2C3. The molecule has 7 fully saturated rings. The molecule has 3 saturated heterocycles. The Morgan fingerprint density at radius 2 is 1.79 bits per heavy atom. The molecule has 3 unspecified atom stereocenters. The molecule has 1 spiro atoms. The molecule has 7 heteroatoms. The van der Waals surface area contributed by atoms with Crippen LogP contribution < -0.4 is 0 Å². The van der Waals surface area contributed by atoms with Crippen LogP contribution in [0.1, 0.15) is 57.8 Å². The molecule has 3 heterocycles. The van der Waals surface area contributed by atoms with Crippen molar-refractivity contribution in [2.24, 2.45) is 29.6 Å². The summed E-state index contributed by atoms with van der Waals surface area (Å²) < 4.78 is 23.9. The largest absolute Gasteiger partial charge is 0.432 e. The molecule has 29 heavy (non-hydrogen) atoms. The quantitative estimate of drug-likeness (QED) is 0.624. The normalized spacial score (nSPS) is 48.3. The molecule has 4 aliphatic carbocycles. The third kappa shape index (κ3) is 2.99. The minimum absolute atomic E-state index is 0.114. The molecule has 7 nitrogen and oxygen atoms in total. The highest BCUT2D eigenvalue weighted by Gasteiger charge is 2.64. The van der Waals surface area contributed by atoms with E-state index in [0.29, 0.717) is 38.0 Å². The Morgan fingerprint density at radius 3 is 2.48 bits per heavy atom. The van der Waals surface area contributed by atoms with Crippen LogP contribution in [-0.4, -0.2) is 54.8 Å². The Labute approximate surface area is 171 Å². The third-order valence-electron chi connectivity index (χ3n) is 8.36. The lowest BCUT2D eigenvalue weighted by Crippen LogP contribution is -2.68. The van der Waals surface area contributed by atoms with Gasteiger partial charge in [-0.3, -0.25) is 4.79 Å². The number of carbonyl (C=O) groups is 2. The van der Waals surface area contributed by atoms with Crippen molar-refractivity contribution in [2.45, 2.75) is 76.0 Å². The number of rotatable bonds is 1. The fourth-order valence-corrected chi connectivity index (χ4v) is 7.16. The molecule has 7 rings (SSSR count). The van der Waals surface area contributed by atoms with Gasteiger partial charge in [0.2, 0.25) is 12.1 Å². The third-order valence-corrected chi connectivity index (χ3v) is 8.36. The van der Waals surface area contributed by atoms with Gasteiger partial charge in [-0.05, 0) is 63.2 Å². The Kier molecular flexibility index (Phi) is 4.35. The zero-order valence-electron chi connectivity index (χ0n) is 16.9. The highest BCUT2D eigenvalue weighted by atomic mass is 16.7. The number of piperidine rings is 1. The van der Waals surface area contributed by atoms with Gasteiger partial charge < -0.3 is 23.8 Å². The molecule has 4 bridgehead atoms. The first-order chi connectivity index (χ1) is 14.1. The molecular weight excluding hydrogens is 374 g/mol. The van der Waals surface area contributed by atoms with E-state index >= 15 is 0 Å². The van der Waals surface area contributed by atoms with Crippen LogP contribution in [0.4, 0.5) is 4.79 Å². The molecule has 0 N–H and O–H groups in total. The summed E-state index contributed by atoms with van der Waals surface area (Å²) in [5.74, 6) is 1.06. The van der Waals surface area contributed by atoms with E-state index < -0.39 is 12.1 Å². The Bertz CT molecular complexity index is 661. The summed E-state index contributed by atoms with van der Waals surface area (Å²) in [6.07, 6.45) is 8.07. The van der Waals surface area contributed by atoms with Gasteiger partial charge in [0.25, 0.3) is 0 Å². The number of esters is 1. The summed E-state index contributed by atoms with van der Waals surface area (Å²) >= 11 is 0. The average molecular weight is 405 g/mol. The summed E-state index contributed by atoms with van der Waals surface area (Å²) in [6.45, 7) is 1.54. The van der Waals surface area contributed by atoms with Crippen LogP contribution in [0.3, 0.4) is 0 Å². The molecule has 0 aromatic carbocycles. The number of ether oxygens (including phenoxy) is 4. The highest BCUT2D eigenvalue weighted by molar-refractivity contribution is 5.75. The van der Waals surface area contributed by atoms with E-state index in [9.17, 15) is 9.59 Å². The van der Waals surface area contributed by atoms with Gasteiger partial charge in [0.15, 0.2) is 0 Å². The fraction of sp³-hybridized carbons (Fsp3) is 0.909. The zero-order chi connectivity index (χ0) is 19.6. The first kappa shape index (κ1) is 18.4. The zero-order valence-corrected chi connectivity index (χ0v) is 16.9. The second-order valence-electron chi connectivity index (χ2n) is 10.1. The number of amides is 1. The maximum absolute atomic E-state index is 13.0. The number of hydrogen-bond donors (Lipinski definition) is 0. The van der Waals surface area contributed by atoms with Crippen molar-refractivity contribution in [3.05, 3.63) is 0 Å². The van der Waals surface area contributed by atoms with Gasteiger partial charge in [0.05, 0.1) is 25.2 Å². The molecule has 4 saturated carbocycles. The van der Waals surface area contributed by atoms with Crippen LogP contribution in [0, 0.1) is 29.6 Å². The van der Waals surface area contributed by atoms with Crippen molar-refractivity contribution in [1.29, 1.82) is 0 Å². The van der Waals surface area contributed by atoms with Crippen LogP contribution in [0.5, 0.6) is 0 Å². The van der Waals surface area contributed by atoms with Gasteiger partial charge in [-0.2, -0.15) is 0 Å². The molecule has 3 atom stereocenters. The number of nitrogens with zero attached hydrogens (tertiary/aromatic N) is 1. The predicted molar refractivity (Wildman–Crippen MR) is 100 cm³/mol. The van der Waals surface area contributed by atoms with Gasteiger partial charge >= 0.3 is 12.1 Å². The Hall–Kier alpha value is -1.34. The average Bonchev–Trinajstić information content (AvgIpc) is 2.72. The maximum atomic E-state index is 13.0. The van der Waals surface area contributed by atoms with Gasteiger partial charge in [-0.15, -0.1) is 0 Å². The second-order valence-corrected chi connectivity index (χ2v) is 10.1. The van der Waals surface area contributed by atoms with E-state index in [1.54, 1.807) is 4.90 Å². The van der Waals surface area contributed by atoms with E-state index in [1.165, 1.54) is 6.42 Å². The number of likely N-dealkylation sites (tertiary alicyclic amines) is 1. The van der Waals surface area contributed by atoms with Crippen molar-refractivity contribution < 1.29 is 28.5 Å². The van der Waals surface area contributed by atoms with Crippen molar-refractivity contribution in [3.63, 3.8) is 0 Å². The lowest BCUT2D eigenvalue weighted by molar-refractivity contribution is -0.365. The first-order valence-corrected chi connectivity index (χ1v) is 11.6. The van der Waals surface area contributed by atoms with Crippen LogP contribution in [0.15, 0.2) is 0 Å². The van der Waals surface area contributed by atoms with E-state index in [-0.39, 0.29) is 24.1 Å². The van der Waals surface area contributed by atoms with Crippen LogP contribution in [0.2, 0.25) is 0 Å². The van der Waals surface area contributed by atoms with Crippen molar-refractivity contribution in [2.75, 3.05) is 19.7 Å². The van der Waals surface area contributed by atoms with Gasteiger partial charge in [0.1, 0.15) is 0 Å². The van der Waals surface area contributed by atoms with Gasteiger partial charge in [-0.25, -0.2) is 4.79 Å². The maximum Gasteiger partial charge on any atom is 0.412 e. The van der Waals surface area contributed by atoms with E-state index in [1.807, 2.05) is 0 Å². The van der Waals surface area contributed by atoms with Gasteiger partial charge in [0, 0.05) is 24.8 Å². The minimum Gasteiger partial charge on any atom is -0.432 e. The summed E-state index contributed by atoms with van der Waals surface area (Å²) in [4.78, 5) is 27.3. The lowest BCUT2D eigenvalue weighted by Gasteiger charge is -2.62. The van der Waals surface area contributed by atoms with Crippen molar-refractivity contribution in [3.8, 4) is 0 Å². The smallest absolute Gasteiger partial charge is 0.412 e. The summed E-state index contributed by atoms with van der Waals surface area (Å²) in [7, 11) is 0. The molecule has 3 aliphatic heterocycles. The van der Waals surface area contributed by atoms with Crippen LogP contribution in [0.25, 0.3) is 0 Å². The molecule has 0 aromatic heterocycles.